The highest BCUT2D eigenvalue weighted by Crippen LogP contribution is 2.38. The zero-order valence-corrected chi connectivity index (χ0v) is 23.7. The van der Waals surface area contributed by atoms with Gasteiger partial charge < -0.3 is 18.6 Å². The van der Waals surface area contributed by atoms with Gasteiger partial charge in [-0.3, -0.25) is 4.79 Å². The molecule has 1 fully saturated rings. The van der Waals surface area contributed by atoms with Gasteiger partial charge in [-0.1, -0.05) is 93.6 Å². The van der Waals surface area contributed by atoms with E-state index in [2.05, 4.69) is 87.5 Å². The van der Waals surface area contributed by atoms with E-state index in [9.17, 15) is 4.79 Å². The Bertz CT molecular complexity index is 942. The number of rotatable bonds is 10. The molecule has 3 rings (SSSR count). The molecule has 1 heterocycles. The van der Waals surface area contributed by atoms with Crippen molar-refractivity contribution in [3.8, 4) is 0 Å². The van der Waals surface area contributed by atoms with Crippen LogP contribution in [-0.2, 0) is 23.4 Å². The molecule has 0 N–H and O–H groups in total. The summed E-state index contributed by atoms with van der Waals surface area (Å²) in [4.78, 5) is 11.4. The molecule has 36 heavy (non-hydrogen) atoms. The van der Waals surface area contributed by atoms with Crippen molar-refractivity contribution in [3.63, 3.8) is 0 Å². The fraction of sp³-hybridized carbons (Fsp3) is 0.500. The van der Waals surface area contributed by atoms with Crippen LogP contribution in [0.25, 0.3) is 0 Å². The Morgan fingerprint density at radius 3 is 2.14 bits per heavy atom. The third-order valence-corrected chi connectivity index (χ3v) is 11.8. The summed E-state index contributed by atoms with van der Waals surface area (Å²) in [6, 6.07) is 21.4. The smallest absolute Gasteiger partial charge is 0.305 e. The number of ether oxygens (including phenoxy) is 3. The van der Waals surface area contributed by atoms with Gasteiger partial charge in [0.2, 0.25) is 0 Å². The molecule has 0 spiro atoms. The van der Waals surface area contributed by atoms with E-state index in [1.807, 2.05) is 19.9 Å². The number of methoxy groups -OCH3 is 1. The second-order valence-electron chi connectivity index (χ2n) is 10.9. The van der Waals surface area contributed by atoms with Gasteiger partial charge in [0.05, 0.1) is 26.4 Å². The Labute approximate surface area is 217 Å². The molecule has 5 nitrogen and oxygen atoms in total. The summed E-state index contributed by atoms with van der Waals surface area (Å²) in [5.74, 6) is -0.696. The van der Waals surface area contributed by atoms with Crippen LogP contribution in [0.3, 0.4) is 0 Å². The van der Waals surface area contributed by atoms with E-state index >= 15 is 0 Å². The highest BCUT2D eigenvalue weighted by molar-refractivity contribution is 6.99. The summed E-state index contributed by atoms with van der Waals surface area (Å²) in [5.41, 5.74) is 0. The molecule has 2 aromatic rings. The lowest BCUT2D eigenvalue weighted by Crippen LogP contribution is -2.67. The van der Waals surface area contributed by atoms with Crippen molar-refractivity contribution in [2.75, 3.05) is 20.3 Å². The zero-order chi connectivity index (χ0) is 26.2. The van der Waals surface area contributed by atoms with Crippen LogP contribution in [0.4, 0.5) is 0 Å². The number of esters is 1. The highest BCUT2D eigenvalue weighted by Gasteiger charge is 2.51. The van der Waals surface area contributed by atoms with E-state index in [4.69, 9.17) is 18.6 Å². The lowest BCUT2D eigenvalue weighted by atomic mass is 9.97. The summed E-state index contributed by atoms with van der Waals surface area (Å²) in [7, 11) is -1.24. The minimum atomic E-state index is -2.66. The van der Waals surface area contributed by atoms with Crippen LogP contribution in [0.5, 0.6) is 0 Å². The number of allylic oxidation sites excluding steroid dienone is 2. The van der Waals surface area contributed by atoms with Gasteiger partial charge in [0.25, 0.3) is 8.32 Å². The van der Waals surface area contributed by atoms with E-state index in [1.165, 1.54) is 17.5 Å². The summed E-state index contributed by atoms with van der Waals surface area (Å²) < 4.78 is 24.4. The SMILES string of the molecule is COC(=O)CC/C=C\C[C@H]1COC(C)(C)O[C@H]1CO[Si](c1ccccc1)(c1ccccc1)C(C)(C)C. The van der Waals surface area contributed by atoms with Crippen LogP contribution in [0.15, 0.2) is 72.8 Å². The molecule has 0 bridgehead atoms. The predicted octanol–water partition coefficient (Wildman–Crippen LogP) is 5.23. The van der Waals surface area contributed by atoms with Gasteiger partial charge in [-0.15, -0.1) is 0 Å². The second kappa shape index (κ2) is 12.3. The second-order valence-corrected chi connectivity index (χ2v) is 15.2. The van der Waals surface area contributed by atoms with Crippen molar-refractivity contribution in [1.29, 1.82) is 0 Å². The molecular formula is C30H42O5Si. The Kier molecular flexibility index (Phi) is 9.70. The van der Waals surface area contributed by atoms with Crippen molar-refractivity contribution >= 4 is 24.7 Å². The largest absolute Gasteiger partial charge is 0.469 e. The Balaban J connectivity index is 1.86. The van der Waals surface area contributed by atoms with Crippen molar-refractivity contribution in [2.24, 2.45) is 5.92 Å². The van der Waals surface area contributed by atoms with Gasteiger partial charge in [0.1, 0.15) is 0 Å². The average Bonchev–Trinajstić information content (AvgIpc) is 2.85. The van der Waals surface area contributed by atoms with E-state index < -0.39 is 14.1 Å². The lowest BCUT2D eigenvalue weighted by molar-refractivity contribution is -0.296. The van der Waals surface area contributed by atoms with Crippen LogP contribution in [0, 0.1) is 5.92 Å². The first-order valence-corrected chi connectivity index (χ1v) is 14.8. The average molecular weight is 511 g/mol. The molecule has 6 heteroatoms. The molecular weight excluding hydrogens is 468 g/mol. The Morgan fingerprint density at radius 1 is 1.03 bits per heavy atom. The zero-order valence-electron chi connectivity index (χ0n) is 22.7. The van der Waals surface area contributed by atoms with E-state index in [0.29, 0.717) is 26.1 Å². The van der Waals surface area contributed by atoms with Crippen LogP contribution >= 0.6 is 0 Å². The number of benzene rings is 2. The number of carbonyl (C=O) groups is 1. The maximum atomic E-state index is 11.4. The molecule has 0 aromatic heterocycles. The summed E-state index contributed by atoms with van der Waals surface area (Å²) in [6.45, 7) is 11.9. The van der Waals surface area contributed by atoms with Crippen LogP contribution in [-0.4, -0.2) is 46.5 Å². The third kappa shape index (κ3) is 6.94. The fourth-order valence-electron chi connectivity index (χ4n) is 4.96. The first-order valence-electron chi connectivity index (χ1n) is 12.9. The van der Waals surface area contributed by atoms with Gasteiger partial charge >= 0.3 is 5.97 Å². The van der Waals surface area contributed by atoms with Crippen molar-refractivity contribution in [3.05, 3.63) is 72.8 Å². The molecule has 0 saturated carbocycles. The topological polar surface area (TPSA) is 54.0 Å². The van der Waals surface area contributed by atoms with Crippen LogP contribution in [0.2, 0.25) is 5.04 Å². The monoisotopic (exact) mass is 510 g/mol. The predicted molar refractivity (Wildman–Crippen MR) is 147 cm³/mol. The Hall–Kier alpha value is -2.25. The fourth-order valence-corrected chi connectivity index (χ4v) is 9.53. The molecule has 196 valence electrons. The van der Waals surface area contributed by atoms with Gasteiger partial charge in [0.15, 0.2) is 5.79 Å². The molecule has 0 radical (unpaired) electrons. The van der Waals surface area contributed by atoms with Crippen molar-refractivity contribution in [2.45, 2.75) is 70.8 Å². The summed E-state index contributed by atoms with van der Waals surface area (Å²) >= 11 is 0. The lowest BCUT2D eigenvalue weighted by Gasteiger charge is -2.46. The molecule has 1 saturated heterocycles. The molecule has 0 amide bonds. The summed E-state index contributed by atoms with van der Waals surface area (Å²) in [6.07, 6.45) is 5.89. The maximum Gasteiger partial charge on any atom is 0.305 e. The first-order chi connectivity index (χ1) is 17.1. The van der Waals surface area contributed by atoms with E-state index in [0.717, 1.165) is 6.42 Å². The van der Waals surface area contributed by atoms with Crippen LogP contribution in [0.1, 0.15) is 53.9 Å². The number of carbonyl (C=O) groups excluding carboxylic acids is 1. The van der Waals surface area contributed by atoms with Gasteiger partial charge in [-0.05, 0) is 42.1 Å². The minimum absolute atomic E-state index is 0.0975. The minimum Gasteiger partial charge on any atom is -0.469 e. The Morgan fingerprint density at radius 2 is 1.61 bits per heavy atom. The normalized spacial score (nSPS) is 20.4. The van der Waals surface area contributed by atoms with Gasteiger partial charge in [0, 0.05) is 12.3 Å². The molecule has 1 aliphatic rings. The van der Waals surface area contributed by atoms with E-state index in [-0.39, 0.29) is 23.0 Å². The van der Waals surface area contributed by atoms with Crippen LogP contribution < -0.4 is 10.4 Å². The maximum absolute atomic E-state index is 11.4. The van der Waals surface area contributed by atoms with Gasteiger partial charge in [-0.25, -0.2) is 0 Å². The van der Waals surface area contributed by atoms with E-state index in [1.54, 1.807) is 0 Å². The van der Waals surface area contributed by atoms with Gasteiger partial charge in [-0.2, -0.15) is 0 Å². The molecule has 2 aromatic carbocycles. The summed E-state index contributed by atoms with van der Waals surface area (Å²) in [5, 5.41) is 2.42. The number of hydrogen-bond donors (Lipinski definition) is 0. The third-order valence-electron chi connectivity index (χ3n) is 6.84. The first kappa shape index (κ1) is 28.3. The van der Waals surface area contributed by atoms with Crippen molar-refractivity contribution in [1.82, 2.24) is 0 Å². The van der Waals surface area contributed by atoms with Crippen molar-refractivity contribution < 1.29 is 23.4 Å². The standard InChI is InChI=1S/C30H42O5Si/c1-29(2,3)36(25-17-11-8-12-18-25,26-19-13-9-14-20-26)34-23-27-24(22-33-30(4,5)35-27)16-10-7-15-21-28(31)32-6/h7-14,17-20,24,27H,15-16,21-23H2,1-6H3/b10-7-/t24-,27-/m0/s1. The highest BCUT2D eigenvalue weighted by atomic mass is 28.4. The molecule has 0 unspecified atom stereocenters. The molecule has 0 aliphatic carbocycles. The quantitative estimate of drug-likeness (QED) is 0.249. The number of hydrogen-bond acceptors (Lipinski definition) is 5. The molecule has 2 atom stereocenters. The molecule has 1 aliphatic heterocycles.